The number of rotatable bonds is 6. The van der Waals surface area contributed by atoms with Crippen molar-refractivity contribution in [1.82, 2.24) is 9.80 Å². The van der Waals surface area contributed by atoms with Crippen LogP contribution in [0.15, 0.2) is 42.5 Å². The number of halogens is 1. The zero-order valence-electron chi connectivity index (χ0n) is 21.9. The van der Waals surface area contributed by atoms with Gasteiger partial charge in [0.25, 0.3) is 0 Å². The van der Waals surface area contributed by atoms with E-state index in [1.807, 2.05) is 27.8 Å². The van der Waals surface area contributed by atoms with Crippen LogP contribution in [0.2, 0.25) is 0 Å². The molecule has 0 radical (unpaired) electrons. The van der Waals surface area contributed by atoms with Crippen molar-refractivity contribution in [2.75, 3.05) is 20.1 Å². The molecule has 5 nitrogen and oxygen atoms in total. The SMILES string of the molecule is Cc1cc(C)cc(CN(C)C(=O)CC(c2ccc(F)cc2)C2CCN(C(=O)OC(C)(C)C)CC2)c1. The average Bonchev–Trinajstić information content (AvgIpc) is 2.76. The summed E-state index contributed by atoms with van der Waals surface area (Å²) in [4.78, 5) is 29.3. The van der Waals surface area contributed by atoms with Crippen molar-refractivity contribution in [2.45, 2.75) is 71.9 Å². The number of carbonyl (C=O) groups excluding carboxylic acids is 2. The summed E-state index contributed by atoms with van der Waals surface area (Å²) >= 11 is 0. The van der Waals surface area contributed by atoms with E-state index in [-0.39, 0.29) is 29.7 Å². The van der Waals surface area contributed by atoms with Crippen molar-refractivity contribution >= 4 is 12.0 Å². The molecule has 1 atom stereocenters. The Hall–Kier alpha value is -2.89. The molecule has 0 saturated carbocycles. The number of likely N-dealkylation sites (tertiary alicyclic amines) is 1. The highest BCUT2D eigenvalue weighted by Gasteiger charge is 2.33. The largest absolute Gasteiger partial charge is 0.444 e. The first kappa shape index (κ1) is 26.7. The molecule has 190 valence electrons. The number of hydrogen-bond acceptors (Lipinski definition) is 3. The van der Waals surface area contributed by atoms with Gasteiger partial charge < -0.3 is 14.5 Å². The molecular weight excluding hydrogens is 443 g/mol. The van der Waals surface area contributed by atoms with Gasteiger partial charge in [0.2, 0.25) is 5.91 Å². The van der Waals surface area contributed by atoms with Crippen LogP contribution in [0.5, 0.6) is 0 Å². The Morgan fingerprint density at radius 1 is 1.06 bits per heavy atom. The average molecular weight is 483 g/mol. The minimum atomic E-state index is -0.530. The number of hydrogen-bond donors (Lipinski definition) is 0. The van der Waals surface area contributed by atoms with Crippen LogP contribution in [0.3, 0.4) is 0 Å². The van der Waals surface area contributed by atoms with Gasteiger partial charge in [0.1, 0.15) is 11.4 Å². The summed E-state index contributed by atoms with van der Waals surface area (Å²) in [5.74, 6) is -0.0399. The predicted molar refractivity (Wildman–Crippen MR) is 137 cm³/mol. The standard InChI is InChI=1S/C29H39FN2O3/c1-20-15-21(2)17-22(16-20)19-31(6)27(33)18-26(23-7-9-25(30)10-8-23)24-11-13-32(14-12-24)28(34)35-29(3,4)5/h7-10,15-17,24,26H,11-14,18-19H2,1-6H3. The van der Waals surface area contributed by atoms with Crippen molar-refractivity contribution in [3.8, 4) is 0 Å². The van der Waals surface area contributed by atoms with E-state index in [1.165, 1.54) is 23.3 Å². The third kappa shape index (κ3) is 7.81. The van der Waals surface area contributed by atoms with Gasteiger partial charge in [0.05, 0.1) is 0 Å². The van der Waals surface area contributed by atoms with Gasteiger partial charge in [-0.3, -0.25) is 4.79 Å². The zero-order chi connectivity index (χ0) is 25.8. The third-order valence-corrected chi connectivity index (χ3v) is 6.58. The molecule has 3 rings (SSSR count). The van der Waals surface area contributed by atoms with Crippen LogP contribution in [0.1, 0.15) is 68.2 Å². The highest BCUT2D eigenvalue weighted by molar-refractivity contribution is 5.77. The van der Waals surface area contributed by atoms with Crippen LogP contribution >= 0.6 is 0 Å². The first-order valence-corrected chi connectivity index (χ1v) is 12.5. The molecule has 1 heterocycles. The Morgan fingerprint density at radius 3 is 2.17 bits per heavy atom. The number of nitrogens with zero attached hydrogens (tertiary/aromatic N) is 2. The topological polar surface area (TPSA) is 49.9 Å². The summed E-state index contributed by atoms with van der Waals surface area (Å²) in [5, 5.41) is 0. The van der Waals surface area contributed by atoms with Gasteiger partial charge in [-0.1, -0.05) is 41.5 Å². The molecule has 0 aromatic heterocycles. The number of carbonyl (C=O) groups is 2. The maximum absolute atomic E-state index is 13.6. The number of piperidine rings is 1. The summed E-state index contributed by atoms with van der Waals surface area (Å²) in [6.07, 6.45) is 1.60. The molecule has 35 heavy (non-hydrogen) atoms. The molecule has 0 bridgehead atoms. The van der Waals surface area contributed by atoms with Crippen molar-refractivity contribution in [2.24, 2.45) is 5.92 Å². The van der Waals surface area contributed by atoms with Gasteiger partial charge in [-0.05, 0) is 82.6 Å². The van der Waals surface area contributed by atoms with Crippen LogP contribution in [-0.4, -0.2) is 47.5 Å². The molecule has 0 N–H and O–H groups in total. The Kier molecular flexibility index (Phi) is 8.57. The molecule has 1 saturated heterocycles. The Labute approximate surface area is 209 Å². The first-order chi connectivity index (χ1) is 16.4. The molecule has 1 unspecified atom stereocenters. The van der Waals surface area contributed by atoms with Crippen LogP contribution in [0.25, 0.3) is 0 Å². The van der Waals surface area contributed by atoms with Crippen molar-refractivity contribution in [1.29, 1.82) is 0 Å². The fourth-order valence-corrected chi connectivity index (χ4v) is 4.94. The molecule has 0 aliphatic carbocycles. The van der Waals surface area contributed by atoms with Gasteiger partial charge in [-0.25, -0.2) is 9.18 Å². The number of aryl methyl sites for hydroxylation is 2. The Balaban J connectivity index is 1.70. The molecule has 1 fully saturated rings. The van der Waals surface area contributed by atoms with E-state index in [2.05, 4.69) is 32.0 Å². The van der Waals surface area contributed by atoms with E-state index in [1.54, 1.807) is 21.9 Å². The minimum absolute atomic E-state index is 0.0365. The van der Waals surface area contributed by atoms with E-state index in [0.29, 0.717) is 26.1 Å². The molecular formula is C29H39FN2O3. The molecule has 2 amide bonds. The number of benzene rings is 2. The summed E-state index contributed by atoms with van der Waals surface area (Å²) in [5.41, 5.74) is 3.92. The van der Waals surface area contributed by atoms with Crippen LogP contribution < -0.4 is 0 Å². The van der Waals surface area contributed by atoms with Crippen molar-refractivity contribution in [3.63, 3.8) is 0 Å². The second-order valence-electron chi connectivity index (χ2n) is 10.9. The minimum Gasteiger partial charge on any atom is -0.444 e. The van der Waals surface area contributed by atoms with Gasteiger partial charge >= 0.3 is 6.09 Å². The molecule has 2 aromatic rings. The van der Waals surface area contributed by atoms with E-state index in [0.717, 1.165) is 24.0 Å². The monoisotopic (exact) mass is 482 g/mol. The lowest BCUT2D eigenvalue weighted by Gasteiger charge is -2.37. The fraction of sp³-hybridized carbons (Fsp3) is 0.517. The lowest BCUT2D eigenvalue weighted by Crippen LogP contribution is -2.43. The predicted octanol–water partition coefficient (Wildman–Crippen LogP) is 6.22. The lowest BCUT2D eigenvalue weighted by atomic mass is 9.78. The second kappa shape index (κ2) is 11.2. The van der Waals surface area contributed by atoms with Crippen LogP contribution in [0, 0.1) is 25.6 Å². The van der Waals surface area contributed by atoms with Crippen molar-refractivity contribution in [3.05, 3.63) is 70.5 Å². The zero-order valence-corrected chi connectivity index (χ0v) is 21.9. The van der Waals surface area contributed by atoms with E-state index >= 15 is 0 Å². The number of amides is 2. The van der Waals surface area contributed by atoms with Gasteiger partial charge in [0, 0.05) is 33.1 Å². The molecule has 0 spiro atoms. The van der Waals surface area contributed by atoms with E-state index in [9.17, 15) is 14.0 Å². The lowest BCUT2D eigenvalue weighted by molar-refractivity contribution is -0.131. The fourth-order valence-electron chi connectivity index (χ4n) is 4.94. The molecule has 6 heteroatoms. The Morgan fingerprint density at radius 2 is 1.63 bits per heavy atom. The molecule has 1 aliphatic rings. The Bertz CT molecular complexity index is 1000. The summed E-state index contributed by atoms with van der Waals surface area (Å²) in [7, 11) is 1.84. The van der Waals surface area contributed by atoms with Gasteiger partial charge in [-0.15, -0.1) is 0 Å². The summed E-state index contributed by atoms with van der Waals surface area (Å²) < 4.78 is 19.2. The smallest absolute Gasteiger partial charge is 0.410 e. The molecule has 1 aliphatic heterocycles. The highest BCUT2D eigenvalue weighted by Crippen LogP contribution is 2.36. The highest BCUT2D eigenvalue weighted by atomic mass is 19.1. The summed E-state index contributed by atoms with van der Waals surface area (Å²) in [6, 6.07) is 12.8. The normalized spacial score (nSPS) is 15.6. The summed E-state index contributed by atoms with van der Waals surface area (Å²) in [6.45, 7) is 11.4. The van der Waals surface area contributed by atoms with Gasteiger partial charge in [0.15, 0.2) is 0 Å². The first-order valence-electron chi connectivity index (χ1n) is 12.5. The van der Waals surface area contributed by atoms with E-state index in [4.69, 9.17) is 4.74 Å². The van der Waals surface area contributed by atoms with Crippen LogP contribution in [-0.2, 0) is 16.1 Å². The van der Waals surface area contributed by atoms with Gasteiger partial charge in [-0.2, -0.15) is 0 Å². The maximum Gasteiger partial charge on any atom is 0.410 e. The molecule has 2 aromatic carbocycles. The number of ether oxygens (including phenoxy) is 1. The third-order valence-electron chi connectivity index (χ3n) is 6.58. The van der Waals surface area contributed by atoms with Crippen LogP contribution in [0.4, 0.5) is 9.18 Å². The second-order valence-corrected chi connectivity index (χ2v) is 10.9. The quantitative estimate of drug-likeness (QED) is 0.491. The maximum atomic E-state index is 13.6. The van der Waals surface area contributed by atoms with E-state index < -0.39 is 5.60 Å². The van der Waals surface area contributed by atoms with Crippen molar-refractivity contribution < 1.29 is 18.7 Å².